The van der Waals surface area contributed by atoms with Gasteiger partial charge in [0.2, 0.25) is 0 Å². The normalized spacial score (nSPS) is 19.1. The van der Waals surface area contributed by atoms with Gasteiger partial charge in [0.25, 0.3) is 6.71 Å². The Bertz CT molecular complexity index is 2850. The molecule has 0 saturated heterocycles. The molecule has 0 fully saturated rings. The van der Waals surface area contributed by atoms with E-state index in [0.717, 1.165) is 24.1 Å². The second kappa shape index (κ2) is 13.0. The topological polar surface area (TPSA) is 19.6 Å². The van der Waals surface area contributed by atoms with Crippen LogP contribution in [0.25, 0.3) is 11.0 Å². The predicted octanol–water partition coefficient (Wildman–Crippen LogP) is 14.4. The average molecular weight is 821 g/mol. The number of fused-ring (bicyclic) bond motifs is 9. The van der Waals surface area contributed by atoms with E-state index in [1.165, 1.54) is 108 Å². The highest BCUT2D eigenvalue weighted by atomic mass is 16.3. The zero-order valence-corrected chi connectivity index (χ0v) is 40.7. The number of furan rings is 1. The van der Waals surface area contributed by atoms with Crippen LogP contribution in [-0.2, 0) is 32.5 Å². The molecule has 0 spiro atoms. The number of aryl methyl sites for hydroxylation is 2. The van der Waals surface area contributed by atoms with Gasteiger partial charge in [-0.2, -0.15) is 0 Å². The first-order valence-electron chi connectivity index (χ1n) is 23.6. The van der Waals surface area contributed by atoms with Crippen LogP contribution < -0.4 is 26.4 Å². The van der Waals surface area contributed by atoms with Crippen LogP contribution in [0.2, 0.25) is 0 Å². The highest BCUT2D eigenvalue weighted by Gasteiger charge is 2.51. The third-order valence-corrected chi connectivity index (χ3v) is 16.0. The van der Waals surface area contributed by atoms with E-state index in [2.05, 4.69) is 199 Å². The molecule has 0 atom stereocenters. The van der Waals surface area contributed by atoms with Crippen LogP contribution in [0.5, 0.6) is 0 Å². The predicted molar refractivity (Wildman–Crippen MR) is 268 cm³/mol. The number of nitrogens with zero attached hydrogens (tertiary/aromatic N) is 2. The molecule has 0 N–H and O–H groups in total. The van der Waals surface area contributed by atoms with E-state index in [0.29, 0.717) is 0 Å². The molecule has 3 heterocycles. The largest absolute Gasteiger partial charge is 0.468 e. The Kier molecular flexibility index (Phi) is 8.63. The molecule has 4 heteroatoms. The molecule has 5 aromatic carbocycles. The highest BCUT2D eigenvalue weighted by Crippen LogP contribution is 2.55. The Labute approximate surface area is 373 Å². The number of hydrogen-bond acceptors (Lipinski definition) is 3. The van der Waals surface area contributed by atoms with Gasteiger partial charge in [-0.05, 0) is 170 Å². The quantitative estimate of drug-likeness (QED) is 0.162. The molecule has 6 aromatic rings. The summed E-state index contributed by atoms with van der Waals surface area (Å²) in [6.07, 6.45) is 4.64. The smallest absolute Gasteiger partial charge is 0.297 e. The monoisotopic (exact) mass is 821 g/mol. The van der Waals surface area contributed by atoms with Crippen LogP contribution in [0.3, 0.4) is 0 Å². The van der Waals surface area contributed by atoms with Crippen LogP contribution in [0, 0.1) is 13.8 Å². The number of anilines is 6. The van der Waals surface area contributed by atoms with Gasteiger partial charge in [0.05, 0.1) is 11.3 Å². The Hall–Kier alpha value is -4.70. The minimum Gasteiger partial charge on any atom is -0.468 e. The van der Waals surface area contributed by atoms with Gasteiger partial charge >= 0.3 is 0 Å². The first kappa shape index (κ1) is 41.3. The van der Waals surface area contributed by atoms with Crippen molar-refractivity contribution in [2.75, 3.05) is 9.80 Å². The summed E-state index contributed by atoms with van der Waals surface area (Å²) in [5, 5.41) is 1.22. The lowest BCUT2D eigenvalue weighted by Gasteiger charge is -2.49. The summed E-state index contributed by atoms with van der Waals surface area (Å²) in [7, 11) is 0. The second-order valence-electron chi connectivity index (χ2n) is 24.5. The number of hydrogen-bond donors (Lipinski definition) is 0. The van der Waals surface area contributed by atoms with E-state index >= 15 is 0 Å². The fraction of sp³-hybridized carbons (Fsp3) is 0.448. The molecule has 0 saturated carbocycles. The lowest BCUT2D eigenvalue weighted by atomic mass is 9.35. The molecule has 0 amide bonds. The SMILES string of the molecule is Cc1cc2c3c(c1)N(c1ccc(C(C)(C)C)cc1C)c1c(oc4cc5c(cc14)C(C)(C)CCC5(C)C)B3c1ccc3c(c1N2c1ccc(C(C)(C)C)cc1)C(C)(C)CCC3(C)C. The van der Waals surface area contributed by atoms with Crippen LogP contribution in [0.4, 0.5) is 34.1 Å². The fourth-order valence-electron chi connectivity index (χ4n) is 11.9. The summed E-state index contributed by atoms with van der Waals surface area (Å²) in [5.74, 6) is 0. The van der Waals surface area contributed by atoms with Crippen molar-refractivity contribution in [3.8, 4) is 0 Å². The molecule has 0 unspecified atom stereocenters. The standard InChI is InChI=1S/C58H69BN2O/c1-34-29-45-49-46(30-34)61(44-24-19-37(31-35(44)2)54(6,7)8)50-39-32-41-42(57(13,14)26-25-56(41,11)12)33-47(39)62-52(50)59(49)43-23-22-40-48(58(15,16)28-27-55(40,9)10)51(43)60(45)38-20-17-36(18-21-38)53(3,4)5/h17-24,29-33H,25-28H2,1-16H3. The highest BCUT2D eigenvalue weighted by molar-refractivity contribution is 7.00. The first-order chi connectivity index (χ1) is 28.8. The van der Waals surface area contributed by atoms with Gasteiger partial charge in [-0.25, -0.2) is 0 Å². The lowest BCUT2D eigenvalue weighted by molar-refractivity contribution is 0.332. The maximum absolute atomic E-state index is 7.59. The zero-order chi connectivity index (χ0) is 44.4. The average Bonchev–Trinajstić information content (AvgIpc) is 3.55. The first-order valence-corrected chi connectivity index (χ1v) is 23.6. The van der Waals surface area contributed by atoms with E-state index in [4.69, 9.17) is 4.42 Å². The molecule has 10 rings (SSSR count). The van der Waals surface area contributed by atoms with E-state index in [9.17, 15) is 0 Å². The third-order valence-electron chi connectivity index (χ3n) is 16.0. The summed E-state index contributed by atoms with van der Waals surface area (Å²) in [6, 6.07) is 31.6. The van der Waals surface area contributed by atoms with Crippen LogP contribution in [-0.4, -0.2) is 6.71 Å². The molecule has 0 bridgehead atoms. The molecule has 2 aliphatic heterocycles. The Balaban J connectivity index is 1.36. The van der Waals surface area contributed by atoms with Crippen molar-refractivity contribution in [1.82, 2.24) is 0 Å². The van der Waals surface area contributed by atoms with Gasteiger partial charge in [-0.15, -0.1) is 0 Å². The van der Waals surface area contributed by atoms with Gasteiger partial charge in [-0.1, -0.05) is 133 Å². The van der Waals surface area contributed by atoms with Gasteiger partial charge in [0.1, 0.15) is 5.58 Å². The molecule has 62 heavy (non-hydrogen) atoms. The Morgan fingerprint density at radius 3 is 1.68 bits per heavy atom. The molecule has 320 valence electrons. The van der Waals surface area contributed by atoms with Crippen molar-refractivity contribution < 1.29 is 4.42 Å². The van der Waals surface area contributed by atoms with Crippen LogP contribution in [0.15, 0.2) is 83.3 Å². The van der Waals surface area contributed by atoms with Crippen LogP contribution in [0.1, 0.15) is 167 Å². The molecule has 4 aliphatic rings. The van der Waals surface area contributed by atoms with Gasteiger partial charge in [-0.3, -0.25) is 0 Å². The van der Waals surface area contributed by atoms with Crippen molar-refractivity contribution >= 4 is 68.4 Å². The maximum atomic E-state index is 7.59. The van der Waals surface area contributed by atoms with Crippen molar-refractivity contribution in [3.63, 3.8) is 0 Å². The van der Waals surface area contributed by atoms with Crippen molar-refractivity contribution in [1.29, 1.82) is 0 Å². The van der Waals surface area contributed by atoms with Crippen molar-refractivity contribution in [2.24, 2.45) is 0 Å². The second-order valence-corrected chi connectivity index (χ2v) is 24.5. The van der Waals surface area contributed by atoms with Gasteiger partial charge < -0.3 is 14.2 Å². The van der Waals surface area contributed by atoms with E-state index < -0.39 is 0 Å². The molecule has 1 aromatic heterocycles. The summed E-state index contributed by atoms with van der Waals surface area (Å²) in [4.78, 5) is 5.27. The summed E-state index contributed by atoms with van der Waals surface area (Å²) >= 11 is 0. The zero-order valence-electron chi connectivity index (χ0n) is 40.7. The van der Waals surface area contributed by atoms with Gasteiger partial charge in [0, 0.05) is 33.8 Å². The third kappa shape index (κ3) is 5.97. The molecule has 0 radical (unpaired) electrons. The molecule has 2 aliphatic carbocycles. The van der Waals surface area contributed by atoms with E-state index in [-0.39, 0.29) is 39.2 Å². The van der Waals surface area contributed by atoms with Crippen molar-refractivity contribution in [2.45, 2.75) is 169 Å². The van der Waals surface area contributed by atoms with Crippen LogP contribution >= 0.6 is 0 Å². The maximum Gasteiger partial charge on any atom is 0.297 e. The summed E-state index contributed by atoms with van der Waals surface area (Å²) in [6.45, 7) is 38.1. The van der Waals surface area contributed by atoms with Gasteiger partial charge in [0.15, 0.2) is 0 Å². The number of benzene rings is 5. The lowest BCUT2D eigenvalue weighted by Crippen LogP contribution is -2.61. The van der Waals surface area contributed by atoms with Crippen molar-refractivity contribution in [3.05, 3.63) is 123 Å². The Morgan fingerprint density at radius 1 is 0.532 bits per heavy atom. The van der Waals surface area contributed by atoms with E-state index in [1.807, 2.05) is 0 Å². The molecular formula is C58H69BN2O. The van der Waals surface area contributed by atoms with E-state index in [1.54, 1.807) is 0 Å². The molecular weight excluding hydrogens is 751 g/mol. The Morgan fingerprint density at radius 2 is 1.08 bits per heavy atom. The minimum absolute atomic E-state index is 0.0243. The number of rotatable bonds is 2. The minimum atomic E-state index is -0.0855. The molecule has 3 nitrogen and oxygen atoms in total. The summed E-state index contributed by atoms with van der Waals surface area (Å²) < 4.78 is 7.59. The fourth-order valence-corrected chi connectivity index (χ4v) is 11.9. The summed E-state index contributed by atoms with van der Waals surface area (Å²) in [5.41, 5.74) is 23.6.